The highest BCUT2D eigenvalue weighted by atomic mass is 16.5. The summed E-state index contributed by atoms with van der Waals surface area (Å²) in [6.45, 7) is 10.0. The lowest BCUT2D eigenvalue weighted by molar-refractivity contribution is -0.145. The summed E-state index contributed by atoms with van der Waals surface area (Å²) in [5, 5.41) is 7.56. The molecule has 0 radical (unpaired) electrons. The van der Waals surface area contributed by atoms with Crippen molar-refractivity contribution >= 4 is 5.96 Å². The van der Waals surface area contributed by atoms with Gasteiger partial charge in [-0.3, -0.25) is 4.99 Å². The predicted octanol–water partition coefficient (Wildman–Crippen LogP) is 2.78. The Morgan fingerprint density at radius 2 is 1.86 bits per heavy atom. The van der Waals surface area contributed by atoms with Crippen molar-refractivity contribution < 1.29 is 9.47 Å². The first-order valence-electron chi connectivity index (χ1n) is 11.6. The second-order valence-electron chi connectivity index (χ2n) is 8.75. The lowest BCUT2D eigenvalue weighted by Gasteiger charge is -2.58. The Hall–Kier alpha value is -0.850. The summed E-state index contributed by atoms with van der Waals surface area (Å²) in [6.07, 6.45) is 10.6. The summed E-state index contributed by atoms with van der Waals surface area (Å²) in [6, 6.07) is 1.02. The van der Waals surface area contributed by atoms with Crippen LogP contribution in [0.3, 0.4) is 0 Å². The van der Waals surface area contributed by atoms with Crippen LogP contribution in [0, 0.1) is 5.41 Å². The Bertz CT molecular complexity index is 485. The molecule has 0 aromatic heterocycles. The van der Waals surface area contributed by atoms with Crippen LogP contribution in [-0.2, 0) is 9.47 Å². The van der Waals surface area contributed by atoms with Gasteiger partial charge in [-0.25, -0.2) is 0 Å². The SMILES string of the molecule is CCN=C(NC1CCN(CCOC)CC1)NC1CC(OCC)C12CCCCC2. The number of piperidine rings is 1. The molecule has 3 aliphatic rings. The maximum Gasteiger partial charge on any atom is 0.191 e. The van der Waals surface area contributed by atoms with Gasteiger partial charge in [-0.2, -0.15) is 0 Å². The van der Waals surface area contributed by atoms with Crippen LogP contribution in [0.4, 0.5) is 0 Å². The summed E-state index contributed by atoms with van der Waals surface area (Å²) in [4.78, 5) is 7.28. The molecule has 1 aliphatic heterocycles. The molecule has 0 aromatic carbocycles. The van der Waals surface area contributed by atoms with Crippen LogP contribution < -0.4 is 10.6 Å². The van der Waals surface area contributed by atoms with E-state index in [-0.39, 0.29) is 0 Å². The van der Waals surface area contributed by atoms with Crippen LogP contribution in [0.2, 0.25) is 0 Å². The maximum absolute atomic E-state index is 6.12. The first-order valence-corrected chi connectivity index (χ1v) is 11.6. The standard InChI is InChI=1S/C22H42N4O2/c1-4-23-21(24-18-9-13-26(14-10-18)15-16-27-3)25-19-17-20(28-5-2)22(19)11-7-6-8-12-22/h18-20H,4-17H2,1-3H3,(H2,23,24,25). The Balaban J connectivity index is 1.53. The molecule has 1 spiro atoms. The van der Waals surface area contributed by atoms with Crippen molar-refractivity contribution in [2.45, 2.75) is 83.4 Å². The van der Waals surface area contributed by atoms with E-state index in [1.54, 1.807) is 7.11 Å². The molecule has 3 rings (SSSR count). The van der Waals surface area contributed by atoms with Crippen LogP contribution in [0.1, 0.15) is 65.2 Å². The third-order valence-electron chi connectivity index (χ3n) is 7.10. The van der Waals surface area contributed by atoms with Crippen LogP contribution >= 0.6 is 0 Å². The highest BCUT2D eigenvalue weighted by Crippen LogP contribution is 2.53. The summed E-state index contributed by atoms with van der Waals surface area (Å²) in [7, 11) is 1.78. The molecule has 28 heavy (non-hydrogen) atoms. The van der Waals surface area contributed by atoms with Gasteiger partial charge in [-0.1, -0.05) is 19.3 Å². The van der Waals surface area contributed by atoms with Gasteiger partial charge in [0.1, 0.15) is 0 Å². The van der Waals surface area contributed by atoms with E-state index in [1.165, 1.54) is 44.9 Å². The fourth-order valence-electron chi connectivity index (χ4n) is 5.44. The minimum absolute atomic E-state index is 0.327. The lowest BCUT2D eigenvalue weighted by atomic mass is 9.55. The molecule has 162 valence electrons. The highest BCUT2D eigenvalue weighted by molar-refractivity contribution is 5.80. The molecule has 1 heterocycles. The molecule has 2 unspecified atom stereocenters. The number of aliphatic imine (C=N–C) groups is 1. The summed E-state index contributed by atoms with van der Waals surface area (Å²) < 4.78 is 11.3. The Morgan fingerprint density at radius 3 is 2.50 bits per heavy atom. The maximum atomic E-state index is 6.12. The number of likely N-dealkylation sites (tertiary alicyclic amines) is 1. The molecular weight excluding hydrogens is 352 g/mol. The Kier molecular flexibility index (Phi) is 8.42. The van der Waals surface area contributed by atoms with Crippen molar-refractivity contribution in [1.29, 1.82) is 0 Å². The van der Waals surface area contributed by atoms with Gasteiger partial charge in [0, 0.05) is 57.4 Å². The smallest absolute Gasteiger partial charge is 0.191 e. The third kappa shape index (κ3) is 5.19. The van der Waals surface area contributed by atoms with Crippen molar-refractivity contribution in [1.82, 2.24) is 15.5 Å². The average molecular weight is 395 g/mol. The van der Waals surface area contributed by atoms with E-state index in [4.69, 9.17) is 14.5 Å². The molecule has 6 nitrogen and oxygen atoms in total. The molecule has 2 N–H and O–H groups in total. The predicted molar refractivity (Wildman–Crippen MR) is 115 cm³/mol. The zero-order valence-corrected chi connectivity index (χ0v) is 18.3. The zero-order chi connectivity index (χ0) is 19.8. The number of guanidine groups is 1. The van der Waals surface area contributed by atoms with Crippen molar-refractivity contribution in [2.75, 3.05) is 46.5 Å². The van der Waals surface area contributed by atoms with E-state index in [2.05, 4.69) is 29.4 Å². The van der Waals surface area contributed by atoms with E-state index < -0.39 is 0 Å². The van der Waals surface area contributed by atoms with E-state index >= 15 is 0 Å². The number of rotatable bonds is 8. The number of hydrogen-bond acceptors (Lipinski definition) is 4. The van der Waals surface area contributed by atoms with Crippen molar-refractivity contribution in [3.8, 4) is 0 Å². The van der Waals surface area contributed by atoms with Gasteiger partial charge in [0.15, 0.2) is 5.96 Å². The topological polar surface area (TPSA) is 58.1 Å². The number of nitrogens with one attached hydrogen (secondary N) is 2. The molecule has 2 saturated carbocycles. The first-order chi connectivity index (χ1) is 13.7. The van der Waals surface area contributed by atoms with Crippen molar-refractivity contribution in [2.24, 2.45) is 10.4 Å². The number of nitrogens with zero attached hydrogens (tertiary/aromatic N) is 2. The van der Waals surface area contributed by atoms with Gasteiger partial charge >= 0.3 is 0 Å². The third-order valence-corrected chi connectivity index (χ3v) is 7.10. The monoisotopic (exact) mass is 394 g/mol. The molecule has 6 heteroatoms. The van der Waals surface area contributed by atoms with Crippen LogP contribution in [-0.4, -0.2) is 75.5 Å². The minimum Gasteiger partial charge on any atom is -0.383 e. The van der Waals surface area contributed by atoms with Crippen molar-refractivity contribution in [3.05, 3.63) is 0 Å². The van der Waals surface area contributed by atoms with Gasteiger partial charge in [0.25, 0.3) is 0 Å². The van der Waals surface area contributed by atoms with E-state index in [1.807, 2.05) is 0 Å². The van der Waals surface area contributed by atoms with Gasteiger partial charge < -0.3 is 25.0 Å². The van der Waals surface area contributed by atoms with Crippen LogP contribution in [0.15, 0.2) is 4.99 Å². The fraction of sp³-hybridized carbons (Fsp3) is 0.955. The summed E-state index contributed by atoms with van der Waals surface area (Å²) in [5.41, 5.74) is 0.327. The van der Waals surface area contributed by atoms with Gasteiger partial charge in [-0.05, 0) is 46.0 Å². The number of hydrogen-bond donors (Lipinski definition) is 2. The van der Waals surface area contributed by atoms with Crippen molar-refractivity contribution in [3.63, 3.8) is 0 Å². The van der Waals surface area contributed by atoms with Crippen LogP contribution in [0.5, 0.6) is 0 Å². The largest absolute Gasteiger partial charge is 0.383 e. The molecular formula is C22H42N4O2. The summed E-state index contributed by atoms with van der Waals surface area (Å²) in [5.74, 6) is 1.02. The molecule has 0 bridgehead atoms. The molecule has 3 fully saturated rings. The second-order valence-corrected chi connectivity index (χ2v) is 8.75. The fourth-order valence-corrected chi connectivity index (χ4v) is 5.44. The van der Waals surface area contributed by atoms with E-state index in [9.17, 15) is 0 Å². The molecule has 2 atom stereocenters. The Labute approximate surface area is 171 Å². The quantitative estimate of drug-likeness (QED) is 0.490. The van der Waals surface area contributed by atoms with E-state index in [0.29, 0.717) is 23.6 Å². The normalized spacial score (nSPS) is 28.9. The number of ether oxygens (including phenoxy) is 2. The number of methoxy groups -OCH3 is 1. The average Bonchev–Trinajstić information content (AvgIpc) is 2.73. The molecule has 2 aliphatic carbocycles. The molecule has 0 amide bonds. The zero-order valence-electron chi connectivity index (χ0n) is 18.3. The second kappa shape index (κ2) is 10.8. The molecule has 0 aromatic rings. The van der Waals surface area contributed by atoms with Crippen LogP contribution in [0.25, 0.3) is 0 Å². The van der Waals surface area contributed by atoms with Gasteiger partial charge in [-0.15, -0.1) is 0 Å². The highest BCUT2D eigenvalue weighted by Gasteiger charge is 2.55. The Morgan fingerprint density at radius 1 is 1.11 bits per heavy atom. The molecule has 1 saturated heterocycles. The van der Waals surface area contributed by atoms with E-state index in [0.717, 1.165) is 51.8 Å². The first kappa shape index (κ1) is 21.8. The minimum atomic E-state index is 0.327. The van der Waals surface area contributed by atoms with Gasteiger partial charge in [0.2, 0.25) is 0 Å². The summed E-state index contributed by atoms with van der Waals surface area (Å²) >= 11 is 0. The lowest BCUT2D eigenvalue weighted by Crippen LogP contribution is -2.67. The van der Waals surface area contributed by atoms with Gasteiger partial charge in [0.05, 0.1) is 12.7 Å².